The minimum Gasteiger partial charge on any atom is -0.379 e. The summed E-state index contributed by atoms with van der Waals surface area (Å²) in [5, 5.41) is 8.33. The number of nitrogens with zero attached hydrogens (tertiary/aromatic N) is 2. The predicted octanol–water partition coefficient (Wildman–Crippen LogP) is 0.361. The molecule has 26 heavy (non-hydrogen) atoms. The van der Waals surface area contributed by atoms with Crippen LogP contribution in [0.5, 0.6) is 0 Å². The summed E-state index contributed by atoms with van der Waals surface area (Å²) in [7, 11) is -6.66. The van der Waals surface area contributed by atoms with Crippen LogP contribution in [0.4, 0.5) is 5.69 Å². The summed E-state index contributed by atoms with van der Waals surface area (Å²) in [5.41, 5.74) is 0.646. The second-order valence-electron chi connectivity index (χ2n) is 6.49. The van der Waals surface area contributed by atoms with E-state index in [4.69, 9.17) is 10.1 Å². The van der Waals surface area contributed by atoms with Gasteiger partial charge in [0, 0.05) is 24.0 Å². The molecule has 0 saturated carbocycles. The van der Waals surface area contributed by atoms with Gasteiger partial charge in [0.05, 0.1) is 35.7 Å². The third kappa shape index (κ3) is 3.15. The average Bonchev–Trinajstić information content (AvgIpc) is 3.05. The van der Waals surface area contributed by atoms with E-state index in [9.17, 15) is 16.8 Å². The number of fused-ring (bicyclic) bond motifs is 1. The topological polar surface area (TPSA) is 108 Å². The highest BCUT2D eigenvalue weighted by Crippen LogP contribution is 2.40. The molecule has 142 valence electrons. The first-order valence-corrected chi connectivity index (χ1v) is 12.3. The van der Waals surface area contributed by atoms with Crippen molar-refractivity contribution in [2.75, 3.05) is 42.7 Å². The lowest BCUT2D eigenvalue weighted by molar-refractivity contribution is 0.0730. The molecule has 1 N–H and O–H groups in total. The minimum absolute atomic E-state index is 0.0286. The summed E-state index contributed by atoms with van der Waals surface area (Å²) in [6.45, 7) is 1.44. The maximum Gasteiger partial charge on any atom is 0.243 e. The summed E-state index contributed by atoms with van der Waals surface area (Å²) in [5.74, 6) is 0.117. The van der Waals surface area contributed by atoms with Crippen molar-refractivity contribution >= 4 is 42.5 Å². The van der Waals surface area contributed by atoms with E-state index in [0.29, 0.717) is 37.2 Å². The zero-order chi connectivity index (χ0) is 18.5. The number of nitrogens with one attached hydrogen (secondary N) is 1. The van der Waals surface area contributed by atoms with Gasteiger partial charge < -0.3 is 9.64 Å². The average molecular weight is 418 g/mol. The van der Waals surface area contributed by atoms with Gasteiger partial charge in [0.1, 0.15) is 0 Å². The van der Waals surface area contributed by atoms with Gasteiger partial charge in [0.25, 0.3) is 0 Å². The molecule has 4 rings (SSSR count). The molecule has 0 spiro atoms. The molecule has 1 aromatic carbocycles. The van der Waals surface area contributed by atoms with Crippen molar-refractivity contribution in [1.82, 2.24) is 4.31 Å². The van der Waals surface area contributed by atoms with Crippen molar-refractivity contribution < 1.29 is 21.6 Å². The van der Waals surface area contributed by atoms with Crippen molar-refractivity contribution in [2.24, 2.45) is 0 Å². The lowest BCUT2D eigenvalue weighted by atomic mass is 10.2. The van der Waals surface area contributed by atoms with Crippen LogP contribution < -0.4 is 4.90 Å². The third-order valence-corrected chi connectivity index (χ3v) is 9.85. The maximum atomic E-state index is 12.7. The fourth-order valence-electron chi connectivity index (χ4n) is 3.52. The number of thioether (sulfide) groups is 1. The van der Waals surface area contributed by atoms with E-state index in [-0.39, 0.29) is 27.7 Å². The molecule has 2 atom stereocenters. The summed E-state index contributed by atoms with van der Waals surface area (Å²) >= 11 is 1.26. The number of sulfonamides is 1. The summed E-state index contributed by atoms with van der Waals surface area (Å²) in [4.78, 5) is 1.89. The molecule has 1 aromatic rings. The van der Waals surface area contributed by atoms with Crippen molar-refractivity contribution in [2.45, 2.75) is 16.2 Å². The molecule has 0 radical (unpaired) electrons. The van der Waals surface area contributed by atoms with E-state index in [2.05, 4.69) is 0 Å². The molecule has 8 nitrogen and oxygen atoms in total. The number of amidine groups is 1. The van der Waals surface area contributed by atoms with Crippen LogP contribution in [0.2, 0.25) is 0 Å². The first-order valence-electron chi connectivity index (χ1n) is 8.21. The van der Waals surface area contributed by atoms with Crippen LogP contribution in [0.1, 0.15) is 0 Å². The number of morpholine rings is 1. The molecule has 0 bridgehead atoms. The number of ether oxygens (including phenoxy) is 1. The zero-order valence-electron chi connectivity index (χ0n) is 13.9. The van der Waals surface area contributed by atoms with Gasteiger partial charge in [-0.1, -0.05) is 11.8 Å². The van der Waals surface area contributed by atoms with Gasteiger partial charge in [-0.05, 0) is 24.3 Å². The highest BCUT2D eigenvalue weighted by molar-refractivity contribution is 8.15. The predicted molar refractivity (Wildman–Crippen MR) is 100 cm³/mol. The zero-order valence-corrected chi connectivity index (χ0v) is 16.3. The van der Waals surface area contributed by atoms with Crippen LogP contribution in [-0.2, 0) is 24.6 Å². The summed E-state index contributed by atoms with van der Waals surface area (Å²) < 4.78 is 55.7. The normalized spacial score (nSPS) is 29.1. The quantitative estimate of drug-likeness (QED) is 0.756. The van der Waals surface area contributed by atoms with Crippen LogP contribution in [0.25, 0.3) is 0 Å². The van der Waals surface area contributed by atoms with Gasteiger partial charge in [0.15, 0.2) is 15.0 Å². The van der Waals surface area contributed by atoms with Crippen LogP contribution >= 0.6 is 11.8 Å². The van der Waals surface area contributed by atoms with Gasteiger partial charge in [-0.3, -0.25) is 5.41 Å². The first-order chi connectivity index (χ1) is 12.3. The van der Waals surface area contributed by atoms with E-state index in [1.165, 1.54) is 28.2 Å². The van der Waals surface area contributed by atoms with E-state index in [1.54, 1.807) is 17.0 Å². The Labute approximate surface area is 157 Å². The number of anilines is 1. The molecule has 0 aromatic heterocycles. The second-order valence-corrected chi connectivity index (χ2v) is 11.8. The van der Waals surface area contributed by atoms with Gasteiger partial charge in [-0.25, -0.2) is 16.8 Å². The smallest absolute Gasteiger partial charge is 0.243 e. The number of benzene rings is 1. The Morgan fingerprint density at radius 3 is 2.42 bits per heavy atom. The lowest BCUT2D eigenvalue weighted by Gasteiger charge is -2.27. The largest absolute Gasteiger partial charge is 0.379 e. The molecule has 11 heteroatoms. The molecular formula is C15H19N3O5S3. The van der Waals surface area contributed by atoms with E-state index >= 15 is 0 Å². The van der Waals surface area contributed by atoms with Crippen molar-refractivity contribution in [3.8, 4) is 0 Å². The number of hydrogen-bond donors (Lipinski definition) is 1. The molecular weight excluding hydrogens is 398 g/mol. The van der Waals surface area contributed by atoms with Crippen molar-refractivity contribution in [3.05, 3.63) is 24.3 Å². The molecule has 0 amide bonds. The van der Waals surface area contributed by atoms with Crippen molar-refractivity contribution in [3.63, 3.8) is 0 Å². The second kappa shape index (κ2) is 6.48. The molecule has 0 unspecified atom stereocenters. The Balaban J connectivity index is 1.59. The summed E-state index contributed by atoms with van der Waals surface area (Å²) in [6, 6.07) is 6.08. The SMILES string of the molecule is N=C1S[C@@H]2CS(=O)(=O)C[C@H]2N1c1ccc(S(=O)(=O)N2CCOCC2)cc1. The standard InChI is InChI=1S/C15H19N3O5S3/c16-15-18(13-9-25(19,20)10-14(13)24-15)11-1-3-12(4-2-11)26(21,22)17-5-7-23-8-6-17/h1-4,13-14,16H,5-10H2/t13-,14-/m1/s1. The van der Waals surface area contributed by atoms with E-state index < -0.39 is 19.9 Å². The lowest BCUT2D eigenvalue weighted by Crippen LogP contribution is -2.40. The number of rotatable bonds is 3. The summed E-state index contributed by atoms with van der Waals surface area (Å²) in [6.07, 6.45) is 0. The van der Waals surface area contributed by atoms with Crippen LogP contribution in [0.15, 0.2) is 29.2 Å². The Morgan fingerprint density at radius 1 is 1.12 bits per heavy atom. The fourth-order valence-corrected chi connectivity index (χ4v) is 8.73. The first kappa shape index (κ1) is 18.2. The fraction of sp³-hybridized carbons (Fsp3) is 0.533. The Bertz CT molecular complexity index is 924. The van der Waals surface area contributed by atoms with Gasteiger partial charge in [-0.2, -0.15) is 4.31 Å². The molecule has 3 saturated heterocycles. The van der Waals surface area contributed by atoms with E-state index in [0.717, 1.165) is 0 Å². The monoisotopic (exact) mass is 417 g/mol. The van der Waals surface area contributed by atoms with Gasteiger partial charge in [0.2, 0.25) is 10.0 Å². The highest BCUT2D eigenvalue weighted by Gasteiger charge is 2.48. The number of hydrogen-bond acceptors (Lipinski definition) is 7. The van der Waals surface area contributed by atoms with Crippen LogP contribution in [0.3, 0.4) is 0 Å². The van der Waals surface area contributed by atoms with Crippen LogP contribution in [0, 0.1) is 5.41 Å². The number of sulfone groups is 1. The highest BCUT2D eigenvalue weighted by atomic mass is 32.2. The Kier molecular flexibility index (Phi) is 4.55. The van der Waals surface area contributed by atoms with Gasteiger partial charge in [-0.15, -0.1) is 0 Å². The molecule has 3 heterocycles. The van der Waals surface area contributed by atoms with Crippen molar-refractivity contribution in [1.29, 1.82) is 5.41 Å². The molecule has 0 aliphatic carbocycles. The minimum atomic E-state index is -3.57. The van der Waals surface area contributed by atoms with Crippen LogP contribution in [-0.4, -0.2) is 75.4 Å². The molecule has 3 fully saturated rings. The maximum absolute atomic E-state index is 12.7. The molecule has 3 aliphatic rings. The third-order valence-electron chi connectivity index (χ3n) is 4.81. The van der Waals surface area contributed by atoms with E-state index in [1.807, 2.05) is 0 Å². The Morgan fingerprint density at radius 2 is 1.77 bits per heavy atom. The molecule has 3 aliphatic heterocycles. The van der Waals surface area contributed by atoms with Gasteiger partial charge >= 0.3 is 0 Å². The Hall–Kier alpha value is -1.14.